The minimum Gasteiger partial charge on any atom is -0.480 e. The number of rotatable bonds is 15. The Morgan fingerprint density at radius 3 is 2.21 bits per heavy atom. The Labute approximate surface area is 169 Å². The second-order valence-corrected chi connectivity index (χ2v) is 7.44. The molecule has 158 valence electrons. The average molecular weight is 394 g/mol. The van der Waals surface area contributed by atoms with Crippen LogP contribution in [0.2, 0.25) is 0 Å². The number of hydrogen-bond acceptors (Lipinski definition) is 4. The molecule has 1 aromatic rings. The van der Waals surface area contributed by atoms with Crippen molar-refractivity contribution in [3.63, 3.8) is 0 Å². The lowest BCUT2D eigenvalue weighted by molar-refractivity contribution is -0.697. The zero-order valence-electron chi connectivity index (χ0n) is 17.4. The van der Waals surface area contributed by atoms with Crippen LogP contribution in [0.5, 0.6) is 0 Å². The molecule has 0 aromatic carbocycles. The van der Waals surface area contributed by atoms with Crippen LogP contribution in [-0.4, -0.2) is 29.7 Å². The zero-order valence-corrected chi connectivity index (χ0v) is 17.4. The number of unbranched alkanes of at least 4 members (excludes halogenated alkanes) is 3. The Bertz CT molecular complexity index is 566. The molecule has 1 rings (SSSR count). The van der Waals surface area contributed by atoms with Gasteiger partial charge >= 0.3 is 11.9 Å². The second-order valence-electron chi connectivity index (χ2n) is 7.44. The van der Waals surface area contributed by atoms with E-state index in [2.05, 4.69) is 42.9 Å². The molecular formula is C22H37N2O4+. The SMILES string of the molecule is CCCCC(CCCC)c1cc[n+](CCCCC(=O)OC[C@H](N)C(=O)O)cc1. The van der Waals surface area contributed by atoms with Crippen molar-refractivity contribution in [2.45, 2.75) is 90.1 Å². The fourth-order valence-corrected chi connectivity index (χ4v) is 3.16. The van der Waals surface area contributed by atoms with Gasteiger partial charge in [0.15, 0.2) is 12.4 Å². The molecule has 0 fully saturated rings. The number of nitrogens with zero attached hydrogens (tertiary/aromatic N) is 1. The maximum atomic E-state index is 11.6. The van der Waals surface area contributed by atoms with E-state index in [1.807, 2.05) is 0 Å². The summed E-state index contributed by atoms with van der Waals surface area (Å²) >= 11 is 0. The van der Waals surface area contributed by atoms with Crippen LogP contribution in [0.4, 0.5) is 0 Å². The van der Waals surface area contributed by atoms with Gasteiger partial charge in [0.25, 0.3) is 0 Å². The molecule has 0 saturated heterocycles. The van der Waals surface area contributed by atoms with Crippen LogP contribution in [0.3, 0.4) is 0 Å². The molecular weight excluding hydrogens is 356 g/mol. The van der Waals surface area contributed by atoms with E-state index in [4.69, 9.17) is 15.6 Å². The lowest BCUT2D eigenvalue weighted by atomic mass is 9.89. The molecule has 0 aliphatic rings. The van der Waals surface area contributed by atoms with Crippen molar-refractivity contribution in [3.8, 4) is 0 Å². The zero-order chi connectivity index (χ0) is 20.8. The van der Waals surface area contributed by atoms with Gasteiger partial charge in [-0.1, -0.05) is 39.5 Å². The van der Waals surface area contributed by atoms with Gasteiger partial charge in [-0.15, -0.1) is 0 Å². The van der Waals surface area contributed by atoms with Crippen molar-refractivity contribution in [2.75, 3.05) is 6.61 Å². The molecule has 0 amide bonds. The molecule has 0 aliphatic heterocycles. The van der Waals surface area contributed by atoms with Crippen LogP contribution in [-0.2, 0) is 20.9 Å². The van der Waals surface area contributed by atoms with Crippen LogP contribution in [0.1, 0.15) is 83.1 Å². The van der Waals surface area contributed by atoms with Crippen molar-refractivity contribution >= 4 is 11.9 Å². The number of aliphatic carboxylic acids is 1. The van der Waals surface area contributed by atoms with Crippen LogP contribution in [0.25, 0.3) is 0 Å². The number of hydrogen-bond donors (Lipinski definition) is 2. The number of ether oxygens (including phenoxy) is 1. The largest absolute Gasteiger partial charge is 0.480 e. The maximum absolute atomic E-state index is 11.6. The summed E-state index contributed by atoms with van der Waals surface area (Å²) in [6, 6.07) is 3.31. The van der Waals surface area contributed by atoms with E-state index in [0.717, 1.165) is 13.0 Å². The standard InChI is InChI=1S/C22H36N2O4/c1-3-5-9-18(10-6-4-2)19-12-15-24(16-13-19)14-8-7-11-21(25)28-17-20(23)22(26)27/h12-13,15-16,18,20H,3-11,14,17,23H2,1-2H3/p+1/t20-/m0/s1. The number of nitrogens with two attached hydrogens (primary N) is 1. The number of carboxylic acid groups (broad SMARTS) is 1. The third kappa shape index (κ3) is 9.83. The van der Waals surface area contributed by atoms with Crippen molar-refractivity contribution in [1.82, 2.24) is 0 Å². The second kappa shape index (κ2) is 14.1. The van der Waals surface area contributed by atoms with Gasteiger partial charge in [-0.2, -0.15) is 0 Å². The number of esters is 1. The minimum atomic E-state index is -1.17. The molecule has 1 aromatic heterocycles. The van der Waals surface area contributed by atoms with E-state index in [1.54, 1.807) is 0 Å². The number of aromatic nitrogens is 1. The molecule has 6 nitrogen and oxygen atoms in total. The Balaban J connectivity index is 2.35. The monoisotopic (exact) mass is 393 g/mol. The van der Waals surface area contributed by atoms with E-state index in [0.29, 0.717) is 12.3 Å². The lowest BCUT2D eigenvalue weighted by Gasteiger charge is -2.16. The van der Waals surface area contributed by atoms with Gasteiger partial charge in [0, 0.05) is 25.0 Å². The molecule has 0 bridgehead atoms. The van der Waals surface area contributed by atoms with Crippen LogP contribution in [0.15, 0.2) is 24.5 Å². The van der Waals surface area contributed by atoms with Gasteiger partial charge < -0.3 is 15.6 Å². The predicted octanol–water partition coefficient (Wildman–Crippen LogP) is 3.56. The summed E-state index contributed by atoms with van der Waals surface area (Å²) in [6.45, 7) is 5.05. The molecule has 0 saturated carbocycles. The van der Waals surface area contributed by atoms with Crippen molar-refractivity contribution in [1.29, 1.82) is 0 Å². The third-order valence-corrected chi connectivity index (χ3v) is 4.99. The average Bonchev–Trinajstić information content (AvgIpc) is 2.70. The quantitative estimate of drug-likeness (QED) is 0.270. The fraction of sp³-hybridized carbons (Fsp3) is 0.682. The Morgan fingerprint density at radius 2 is 1.68 bits per heavy atom. The first kappa shape index (κ1) is 24.1. The van der Waals surface area contributed by atoms with E-state index >= 15 is 0 Å². The Morgan fingerprint density at radius 1 is 1.07 bits per heavy atom. The topological polar surface area (TPSA) is 93.5 Å². The first-order valence-electron chi connectivity index (χ1n) is 10.6. The molecule has 0 radical (unpaired) electrons. The Hall–Kier alpha value is -1.95. The number of aryl methyl sites for hydroxylation is 1. The smallest absolute Gasteiger partial charge is 0.324 e. The van der Waals surface area contributed by atoms with Gasteiger partial charge in [-0.25, -0.2) is 4.57 Å². The van der Waals surface area contributed by atoms with E-state index < -0.39 is 18.0 Å². The minimum absolute atomic E-state index is 0.276. The van der Waals surface area contributed by atoms with Crippen molar-refractivity contribution < 1.29 is 24.0 Å². The van der Waals surface area contributed by atoms with E-state index in [-0.39, 0.29) is 13.0 Å². The first-order valence-corrected chi connectivity index (χ1v) is 10.6. The van der Waals surface area contributed by atoms with E-state index in [9.17, 15) is 9.59 Å². The summed E-state index contributed by atoms with van der Waals surface area (Å²) in [5.74, 6) is -0.910. The van der Waals surface area contributed by atoms with Crippen LogP contribution >= 0.6 is 0 Å². The summed E-state index contributed by atoms with van der Waals surface area (Å²) in [5.41, 5.74) is 6.73. The summed E-state index contributed by atoms with van der Waals surface area (Å²) in [6.07, 6.45) is 13.6. The molecule has 28 heavy (non-hydrogen) atoms. The molecule has 3 N–H and O–H groups in total. The van der Waals surface area contributed by atoms with Crippen molar-refractivity contribution in [3.05, 3.63) is 30.1 Å². The van der Waals surface area contributed by atoms with Gasteiger partial charge in [-0.05, 0) is 30.7 Å². The summed E-state index contributed by atoms with van der Waals surface area (Å²) < 4.78 is 7.02. The molecule has 0 aliphatic carbocycles. The van der Waals surface area contributed by atoms with E-state index in [1.165, 1.54) is 44.1 Å². The summed E-state index contributed by atoms with van der Waals surface area (Å²) in [7, 11) is 0. The number of carboxylic acids is 1. The molecule has 0 unspecified atom stereocenters. The van der Waals surface area contributed by atoms with Gasteiger partial charge in [0.1, 0.15) is 19.2 Å². The van der Waals surface area contributed by atoms with Gasteiger partial charge in [0.2, 0.25) is 0 Å². The molecule has 1 atom stereocenters. The van der Waals surface area contributed by atoms with Gasteiger partial charge in [0.05, 0.1) is 0 Å². The number of carbonyl (C=O) groups is 2. The predicted molar refractivity (Wildman–Crippen MR) is 109 cm³/mol. The van der Waals surface area contributed by atoms with Crippen molar-refractivity contribution in [2.24, 2.45) is 5.73 Å². The highest BCUT2D eigenvalue weighted by molar-refractivity contribution is 5.74. The number of pyridine rings is 1. The highest BCUT2D eigenvalue weighted by atomic mass is 16.5. The van der Waals surface area contributed by atoms with Gasteiger partial charge in [-0.3, -0.25) is 9.59 Å². The normalized spacial score (nSPS) is 12.1. The van der Waals surface area contributed by atoms with Crippen LogP contribution < -0.4 is 10.3 Å². The molecule has 0 spiro atoms. The lowest BCUT2D eigenvalue weighted by Crippen LogP contribution is -2.35. The summed E-state index contributed by atoms with van der Waals surface area (Å²) in [5, 5.41) is 8.65. The first-order chi connectivity index (χ1) is 13.5. The molecule has 6 heteroatoms. The summed E-state index contributed by atoms with van der Waals surface area (Å²) in [4.78, 5) is 22.2. The highest BCUT2D eigenvalue weighted by Gasteiger charge is 2.15. The van der Waals surface area contributed by atoms with Crippen LogP contribution in [0, 0.1) is 0 Å². The fourth-order valence-electron chi connectivity index (χ4n) is 3.16. The third-order valence-electron chi connectivity index (χ3n) is 4.99. The number of carbonyl (C=O) groups excluding carboxylic acids is 1. The maximum Gasteiger partial charge on any atom is 0.324 e. The Kier molecular flexibility index (Phi) is 12.1. The highest BCUT2D eigenvalue weighted by Crippen LogP contribution is 2.26. The molecule has 1 heterocycles.